The fraction of sp³-hybridized carbons (Fsp3) is 0.857. The van der Waals surface area contributed by atoms with Crippen LogP contribution in [0.4, 0.5) is 0 Å². The average molecular weight is 270 g/mol. The average Bonchev–Trinajstić information content (AvgIpc) is 2.34. The number of carbonyl (C=O) groups is 2. The highest BCUT2D eigenvalue weighted by Gasteiger charge is 2.14. The van der Waals surface area contributed by atoms with Gasteiger partial charge in [-0.3, -0.25) is 9.59 Å². The first-order chi connectivity index (χ1) is 9.24. The van der Waals surface area contributed by atoms with Gasteiger partial charge in [0.25, 0.3) is 0 Å². The van der Waals surface area contributed by atoms with Gasteiger partial charge in [0.2, 0.25) is 5.91 Å². The molecule has 5 nitrogen and oxygen atoms in total. The van der Waals surface area contributed by atoms with E-state index in [0.717, 1.165) is 25.9 Å². The number of nitrogens with zero attached hydrogens (tertiary/aromatic N) is 1. The quantitative estimate of drug-likeness (QED) is 0.584. The molecule has 0 radical (unpaired) electrons. The van der Waals surface area contributed by atoms with Crippen molar-refractivity contribution in [2.45, 2.75) is 45.4 Å². The molecule has 0 saturated carbocycles. The molecule has 1 N–H and O–H groups in total. The minimum absolute atomic E-state index is 0.144. The van der Waals surface area contributed by atoms with E-state index in [2.05, 4.69) is 5.32 Å². The molecule has 0 aromatic carbocycles. The lowest BCUT2D eigenvalue weighted by molar-refractivity contribution is -0.143. The van der Waals surface area contributed by atoms with Crippen LogP contribution in [0.2, 0.25) is 0 Å². The number of hydrogen-bond acceptors (Lipinski definition) is 4. The van der Waals surface area contributed by atoms with E-state index in [1.807, 2.05) is 4.90 Å². The number of nitrogens with one attached hydrogen (secondary N) is 1. The van der Waals surface area contributed by atoms with Crippen LogP contribution in [-0.4, -0.2) is 49.6 Å². The number of esters is 1. The van der Waals surface area contributed by atoms with E-state index in [0.29, 0.717) is 26.1 Å². The van der Waals surface area contributed by atoms with E-state index in [9.17, 15) is 9.59 Å². The third-order valence-corrected chi connectivity index (χ3v) is 3.30. The Morgan fingerprint density at radius 2 is 1.74 bits per heavy atom. The van der Waals surface area contributed by atoms with Gasteiger partial charge in [0.1, 0.15) is 0 Å². The van der Waals surface area contributed by atoms with Crippen molar-refractivity contribution in [3.8, 4) is 0 Å². The maximum atomic E-state index is 12.0. The van der Waals surface area contributed by atoms with Crippen molar-refractivity contribution in [1.82, 2.24) is 10.2 Å². The highest BCUT2D eigenvalue weighted by atomic mass is 16.5. The molecule has 0 atom stereocenters. The van der Waals surface area contributed by atoms with Crippen molar-refractivity contribution in [2.24, 2.45) is 0 Å². The van der Waals surface area contributed by atoms with Gasteiger partial charge in [0.05, 0.1) is 19.6 Å². The van der Waals surface area contributed by atoms with Gasteiger partial charge in [-0.15, -0.1) is 0 Å². The summed E-state index contributed by atoms with van der Waals surface area (Å²) < 4.78 is 4.82. The minimum Gasteiger partial charge on any atom is -0.466 e. The number of ether oxygens (including phenoxy) is 1. The van der Waals surface area contributed by atoms with Crippen LogP contribution < -0.4 is 5.32 Å². The number of amides is 1. The van der Waals surface area contributed by atoms with Crippen LogP contribution in [0, 0.1) is 0 Å². The SMILES string of the molecule is CCOC(=O)CCNCC(=O)N1CCCCCCC1. The Labute approximate surface area is 115 Å². The molecule has 1 aliphatic heterocycles. The molecule has 0 unspecified atom stereocenters. The monoisotopic (exact) mass is 270 g/mol. The molecule has 1 fully saturated rings. The molecule has 0 spiro atoms. The van der Waals surface area contributed by atoms with Gasteiger partial charge < -0.3 is 15.0 Å². The highest BCUT2D eigenvalue weighted by Crippen LogP contribution is 2.10. The molecular formula is C14H26N2O3. The largest absolute Gasteiger partial charge is 0.466 e. The van der Waals surface area contributed by atoms with Crippen LogP contribution in [0.3, 0.4) is 0 Å². The fourth-order valence-corrected chi connectivity index (χ4v) is 2.23. The van der Waals surface area contributed by atoms with Crippen LogP contribution >= 0.6 is 0 Å². The Bertz CT molecular complexity index is 274. The Kier molecular flexibility index (Phi) is 8.21. The summed E-state index contributed by atoms with van der Waals surface area (Å²) in [6, 6.07) is 0. The summed E-state index contributed by atoms with van der Waals surface area (Å²) in [5.41, 5.74) is 0. The topological polar surface area (TPSA) is 58.6 Å². The van der Waals surface area contributed by atoms with E-state index in [-0.39, 0.29) is 11.9 Å². The molecule has 110 valence electrons. The predicted octanol–water partition coefficient (Wildman–Crippen LogP) is 1.32. The number of carbonyl (C=O) groups excluding carboxylic acids is 2. The van der Waals surface area contributed by atoms with Crippen molar-refractivity contribution in [1.29, 1.82) is 0 Å². The normalized spacial score (nSPS) is 16.6. The highest BCUT2D eigenvalue weighted by molar-refractivity contribution is 5.78. The summed E-state index contributed by atoms with van der Waals surface area (Å²) in [7, 11) is 0. The molecule has 1 saturated heterocycles. The van der Waals surface area contributed by atoms with Gasteiger partial charge in [-0.05, 0) is 19.8 Å². The van der Waals surface area contributed by atoms with Crippen LogP contribution in [0.15, 0.2) is 0 Å². The molecule has 5 heteroatoms. The second kappa shape index (κ2) is 9.78. The lowest BCUT2D eigenvalue weighted by Crippen LogP contribution is -2.40. The van der Waals surface area contributed by atoms with Crippen molar-refractivity contribution in [3.05, 3.63) is 0 Å². The minimum atomic E-state index is -0.214. The molecule has 1 aliphatic rings. The van der Waals surface area contributed by atoms with Gasteiger partial charge in [0, 0.05) is 19.6 Å². The van der Waals surface area contributed by atoms with Gasteiger partial charge in [-0.2, -0.15) is 0 Å². The molecule has 0 aromatic heterocycles. The second-order valence-electron chi connectivity index (χ2n) is 4.88. The van der Waals surface area contributed by atoms with Crippen molar-refractivity contribution in [3.63, 3.8) is 0 Å². The summed E-state index contributed by atoms with van der Waals surface area (Å²) in [5, 5.41) is 3.02. The molecular weight excluding hydrogens is 244 g/mol. The van der Waals surface area contributed by atoms with E-state index in [1.165, 1.54) is 19.3 Å². The molecule has 0 bridgehead atoms. The Hall–Kier alpha value is -1.10. The predicted molar refractivity (Wildman–Crippen MR) is 73.8 cm³/mol. The Balaban J connectivity index is 2.13. The summed E-state index contributed by atoms with van der Waals surface area (Å²) >= 11 is 0. The smallest absolute Gasteiger partial charge is 0.307 e. The number of likely N-dealkylation sites (tertiary alicyclic amines) is 1. The number of hydrogen-bond donors (Lipinski definition) is 1. The van der Waals surface area contributed by atoms with Crippen molar-refractivity contribution >= 4 is 11.9 Å². The molecule has 1 rings (SSSR count). The van der Waals surface area contributed by atoms with Gasteiger partial charge in [-0.1, -0.05) is 19.3 Å². The van der Waals surface area contributed by atoms with Crippen LogP contribution in [0.5, 0.6) is 0 Å². The van der Waals surface area contributed by atoms with Gasteiger partial charge in [-0.25, -0.2) is 0 Å². The molecule has 1 amide bonds. The summed E-state index contributed by atoms with van der Waals surface area (Å²) in [4.78, 5) is 25.0. The van der Waals surface area contributed by atoms with E-state index >= 15 is 0 Å². The second-order valence-corrected chi connectivity index (χ2v) is 4.88. The Morgan fingerprint density at radius 1 is 1.11 bits per heavy atom. The zero-order chi connectivity index (χ0) is 13.9. The van der Waals surface area contributed by atoms with Gasteiger partial charge >= 0.3 is 5.97 Å². The van der Waals surface area contributed by atoms with Crippen LogP contribution in [0.1, 0.15) is 45.4 Å². The third kappa shape index (κ3) is 7.15. The molecule has 1 heterocycles. The maximum absolute atomic E-state index is 12.0. The zero-order valence-corrected chi connectivity index (χ0v) is 12.0. The lowest BCUT2D eigenvalue weighted by atomic mass is 10.1. The number of rotatable bonds is 6. The molecule has 19 heavy (non-hydrogen) atoms. The lowest BCUT2D eigenvalue weighted by Gasteiger charge is -2.24. The first-order valence-corrected chi connectivity index (χ1v) is 7.38. The first-order valence-electron chi connectivity index (χ1n) is 7.38. The van der Waals surface area contributed by atoms with Crippen LogP contribution in [-0.2, 0) is 14.3 Å². The summed E-state index contributed by atoms with van der Waals surface area (Å²) in [5.74, 6) is -0.0699. The third-order valence-electron chi connectivity index (χ3n) is 3.30. The summed E-state index contributed by atoms with van der Waals surface area (Å²) in [6.07, 6.45) is 6.27. The van der Waals surface area contributed by atoms with Crippen molar-refractivity contribution in [2.75, 3.05) is 32.8 Å². The molecule has 0 aliphatic carbocycles. The zero-order valence-electron chi connectivity index (χ0n) is 12.0. The molecule has 0 aromatic rings. The standard InChI is InChI=1S/C14H26N2O3/c1-2-19-14(18)8-9-15-12-13(17)16-10-6-4-3-5-7-11-16/h15H,2-12H2,1H3. The summed E-state index contributed by atoms with van der Waals surface area (Å²) in [6.45, 7) is 4.76. The van der Waals surface area contributed by atoms with Crippen molar-refractivity contribution < 1.29 is 14.3 Å². The first kappa shape index (κ1) is 16.0. The maximum Gasteiger partial charge on any atom is 0.307 e. The van der Waals surface area contributed by atoms with E-state index < -0.39 is 0 Å². The fourth-order valence-electron chi connectivity index (χ4n) is 2.23. The van der Waals surface area contributed by atoms with E-state index in [4.69, 9.17) is 4.74 Å². The Morgan fingerprint density at radius 3 is 2.37 bits per heavy atom. The van der Waals surface area contributed by atoms with Crippen LogP contribution in [0.25, 0.3) is 0 Å². The van der Waals surface area contributed by atoms with E-state index in [1.54, 1.807) is 6.92 Å². The van der Waals surface area contributed by atoms with Gasteiger partial charge in [0.15, 0.2) is 0 Å².